The van der Waals surface area contributed by atoms with Gasteiger partial charge in [0.15, 0.2) is 0 Å². The molecule has 19 heavy (non-hydrogen) atoms. The van der Waals surface area contributed by atoms with E-state index in [0.29, 0.717) is 28.9 Å². The van der Waals surface area contributed by atoms with Gasteiger partial charge < -0.3 is 5.32 Å². The maximum absolute atomic E-state index is 12.0. The van der Waals surface area contributed by atoms with Crippen LogP contribution in [0.15, 0.2) is 18.2 Å². The Bertz CT molecular complexity index is 442. The van der Waals surface area contributed by atoms with E-state index >= 15 is 0 Å². The van der Waals surface area contributed by atoms with E-state index < -0.39 is 0 Å². The smallest absolute Gasteiger partial charge is 0.137 e. The molecule has 2 nitrogen and oxygen atoms in total. The Morgan fingerprint density at radius 1 is 1.32 bits per heavy atom. The van der Waals surface area contributed by atoms with Crippen molar-refractivity contribution in [3.63, 3.8) is 0 Å². The molecule has 1 aliphatic heterocycles. The van der Waals surface area contributed by atoms with E-state index in [0.717, 1.165) is 18.5 Å². The molecule has 1 saturated heterocycles. The van der Waals surface area contributed by atoms with Crippen molar-refractivity contribution in [1.29, 1.82) is 0 Å². The van der Waals surface area contributed by atoms with Crippen LogP contribution in [0.1, 0.15) is 37.7 Å². The third-order valence-electron chi connectivity index (χ3n) is 3.58. The number of Topliss-reactive ketones (excluding diaryl/α,β-unsaturated/α-hetero) is 1. The monoisotopic (exact) mass is 299 g/mol. The van der Waals surface area contributed by atoms with Crippen molar-refractivity contribution in [3.05, 3.63) is 33.8 Å². The van der Waals surface area contributed by atoms with Gasteiger partial charge in [-0.1, -0.05) is 29.6 Å². The first-order chi connectivity index (χ1) is 9.15. The second-order valence-electron chi connectivity index (χ2n) is 5.14. The summed E-state index contributed by atoms with van der Waals surface area (Å²) in [5.41, 5.74) is 0.829. The van der Waals surface area contributed by atoms with Gasteiger partial charge in [-0.3, -0.25) is 4.79 Å². The van der Waals surface area contributed by atoms with Crippen molar-refractivity contribution < 1.29 is 4.79 Å². The van der Waals surface area contributed by atoms with Crippen LogP contribution in [-0.2, 0) is 11.2 Å². The molecule has 0 amide bonds. The van der Waals surface area contributed by atoms with Crippen molar-refractivity contribution in [3.8, 4) is 0 Å². The lowest BCUT2D eigenvalue weighted by Crippen LogP contribution is -2.34. The zero-order valence-electron chi connectivity index (χ0n) is 10.9. The van der Waals surface area contributed by atoms with E-state index in [4.69, 9.17) is 23.2 Å². The Hall–Kier alpha value is -0.570. The number of carbonyl (C=O) groups excluding carboxylic acids is 1. The second-order valence-corrected chi connectivity index (χ2v) is 5.98. The second kappa shape index (κ2) is 7.28. The summed E-state index contributed by atoms with van der Waals surface area (Å²) in [5.74, 6) is 0.233. The van der Waals surface area contributed by atoms with Gasteiger partial charge in [0.1, 0.15) is 5.78 Å². The molecule has 0 spiro atoms. The average Bonchev–Trinajstić information content (AvgIpc) is 2.42. The number of hydrogen-bond acceptors (Lipinski definition) is 2. The van der Waals surface area contributed by atoms with E-state index in [1.807, 2.05) is 0 Å². The molecular formula is C15H19Cl2NO. The van der Waals surface area contributed by atoms with Crippen LogP contribution >= 0.6 is 23.2 Å². The van der Waals surface area contributed by atoms with E-state index in [-0.39, 0.29) is 5.78 Å². The van der Waals surface area contributed by atoms with Gasteiger partial charge in [0.05, 0.1) is 0 Å². The standard InChI is InChI=1S/C15H19Cl2NO/c16-12-4-7-15(17)11(9-12)10-14(19)6-5-13-3-1-2-8-18-13/h4,7,9,13,18H,1-3,5-6,8,10H2. The number of nitrogens with one attached hydrogen (secondary N) is 1. The van der Waals surface area contributed by atoms with Crippen molar-refractivity contribution in [2.24, 2.45) is 0 Å². The fourth-order valence-corrected chi connectivity index (χ4v) is 2.86. The fraction of sp³-hybridized carbons (Fsp3) is 0.533. The van der Waals surface area contributed by atoms with Gasteiger partial charge in [0.25, 0.3) is 0 Å². The number of piperidine rings is 1. The maximum atomic E-state index is 12.0. The normalized spacial score (nSPS) is 19.4. The summed E-state index contributed by atoms with van der Waals surface area (Å²) in [4.78, 5) is 12.0. The molecule has 1 N–H and O–H groups in total. The highest BCUT2D eigenvalue weighted by Gasteiger charge is 2.15. The van der Waals surface area contributed by atoms with Gasteiger partial charge in [0, 0.05) is 28.9 Å². The Morgan fingerprint density at radius 2 is 2.16 bits per heavy atom. The molecule has 0 aromatic heterocycles. The highest BCUT2D eigenvalue weighted by molar-refractivity contribution is 6.33. The highest BCUT2D eigenvalue weighted by atomic mass is 35.5. The summed E-state index contributed by atoms with van der Waals surface area (Å²) in [5, 5.41) is 4.70. The first-order valence-corrected chi connectivity index (χ1v) is 7.60. The predicted molar refractivity (Wildman–Crippen MR) is 80.0 cm³/mol. The van der Waals surface area contributed by atoms with Gasteiger partial charge in [-0.2, -0.15) is 0 Å². The van der Waals surface area contributed by atoms with Crippen LogP contribution in [0.2, 0.25) is 10.0 Å². The minimum Gasteiger partial charge on any atom is -0.314 e. The molecule has 0 radical (unpaired) electrons. The lowest BCUT2D eigenvalue weighted by atomic mass is 9.97. The summed E-state index contributed by atoms with van der Waals surface area (Å²) >= 11 is 12.0. The van der Waals surface area contributed by atoms with Gasteiger partial charge in [-0.25, -0.2) is 0 Å². The first-order valence-electron chi connectivity index (χ1n) is 6.84. The van der Waals surface area contributed by atoms with Crippen LogP contribution in [0, 0.1) is 0 Å². The van der Waals surface area contributed by atoms with Crippen LogP contribution in [0.5, 0.6) is 0 Å². The molecule has 0 bridgehead atoms. The number of hydrogen-bond donors (Lipinski definition) is 1. The zero-order chi connectivity index (χ0) is 13.7. The highest BCUT2D eigenvalue weighted by Crippen LogP contribution is 2.22. The number of benzene rings is 1. The summed E-state index contributed by atoms with van der Waals surface area (Å²) in [6, 6.07) is 5.77. The topological polar surface area (TPSA) is 29.1 Å². The molecule has 1 fully saturated rings. The molecule has 1 atom stereocenters. The van der Waals surface area contributed by atoms with Crippen molar-refractivity contribution in [1.82, 2.24) is 5.32 Å². The van der Waals surface area contributed by atoms with E-state index in [9.17, 15) is 4.79 Å². The Morgan fingerprint density at radius 3 is 2.89 bits per heavy atom. The van der Waals surface area contributed by atoms with Crippen LogP contribution in [0.4, 0.5) is 0 Å². The number of carbonyl (C=O) groups is 1. The average molecular weight is 300 g/mol. The third kappa shape index (κ3) is 4.79. The molecule has 1 aliphatic rings. The Kier molecular flexibility index (Phi) is 5.68. The van der Waals surface area contributed by atoms with Crippen molar-refractivity contribution in [2.75, 3.05) is 6.54 Å². The van der Waals surface area contributed by atoms with Gasteiger partial charge in [0.2, 0.25) is 0 Å². The van der Waals surface area contributed by atoms with Crippen LogP contribution in [0.3, 0.4) is 0 Å². The van der Waals surface area contributed by atoms with Crippen LogP contribution < -0.4 is 5.32 Å². The number of ketones is 1. The van der Waals surface area contributed by atoms with Gasteiger partial charge in [-0.05, 0) is 49.6 Å². The summed E-state index contributed by atoms with van der Waals surface area (Å²) in [6.07, 6.45) is 5.63. The van der Waals surface area contributed by atoms with E-state index in [1.54, 1.807) is 18.2 Å². The predicted octanol–water partition coefficient (Wildman–Crippen LogP) is 4.03. The molecule has 4 heteroatoms. The number of halogens is 2. The van der Waals surface area contributed by atoms with Crippen molar-refractivity contribution in [2.45, 2.75) is 44.6 Å². The molecule has 104 valence electrons. The largest absolute Gasteiger partial charge is 0.314 e. The molecule has 1 unspecified atom stereocenters. The minimum atomic E-state index is 0.233. The van der Waals surface area contributed by atoms with Crippen molar-refractivity contribution >= 4 is 29.0 Å². The summed E-state index contributed by atoms with van der Waals surface area (Å²) < 4.78 is 0. The Labute approximate surface area is 124 Å². The van der Waals surface area contributed by atoms with Gasteiger partial charge >= 0.3 is 0 Å². The molecule has 1 heterocycles. The van der Waals surface area contributed by atoms with Gasteiger partial charge in [-0.15, -0.1) is 0 Å². The molecule has 1 aromatic rings. The molecule has 0 saturated carbocycles. The molecule has 0 aliphatic carbocycles. The van der Waals surface area contributed by atoms with E-state index in [2.05, 4.69) is 5.32 Å². The van der Waals surface area contributed by atoms with E-state index in [1.165, 1.54) is 19.3 Å². The maximum Gasteiger partial charge on any atom is 0.137 e. The fourth-order valence-electron chi connectivity index (χ4n) is 2.49. The summed E-state index contributed by atoms with van der Waals surface area (Å²) in [6.45, 7) is 1.08. The summed E-state index contributed by atoms with van der Waals surface area (Å²) in [7, 11) is 0. The lowest BCUT2D eigenvalue weighted by molar-refractivity contribution is -0.118. The zero-order valence-corrected chi connectivity index (χ0v) is 12.4. The molecule has 1 aromatic carbocycles. The number of rotatable bonds is 5. The van der Waals surface area contributed by atoms with Crippen LogP contribution in [0.25, 0.3) is 0 Å². The molecule has 2 rings (SSSR count). The first kappa shape index (κ1) is 14.8. The minimum absolute atomic E-state index is 0.233. The Balaban J connectivity index is 1.81. The van der Waals surface area contributed by atoms with Crippen LogP contribution in [-0.4, -0.2) is 18.4 Å². The molecular weight excluding hydrogens is 281 g/mol. The quantitative estimate of drug-likeness (QED) is 0.889. The SMILES string of the molecule is O=C(CCC1CCCCN1)Cc1cc(Cl)ccc1Cl. The third-order valence-corrected chi connectivity index (χ3v) is 4.18. The lowest BCUT2D eigenvalue weighted by Gasteiger charge is -2.23.